The normalized spacial score (nSPS) is 19.6. The van der Waals surface area contributed by atoms with Crippen molar-refractivity contribution in [2.45, 2.75) is 31.1 Å². The number of hydrogen-bond acceptors (Lipinski definition) is 4. The SMILES string of the molecule is NS(=O)(=O)Cc1ccc(NC(=O)C2CCCCN2)cc1. The smallest absolute Gasteiger partial charge is 0.241 e. The summed E-state index contributed by atoms with van der Waals surface area (Å²) in [6.07, 6.45) is 3.00. The summed E-state index contributed by atoms with van der Waals surface area (Å²) in [7, 11) is -3.53. The van der Waals surface area contributed by atoms with Gasteiger partial charge in [-0.05, 0) is 37.1 Å². The molecule has 1 aliphatic rings. The Morgan fingerprint density at radius 2 is 2.00 bits per heavy atom. The molecule has 1 unspecified atom stereocenters. The summed E-state index contributed by atoms with van der Waals surface area (Å²) in [5.41, 5.74) is 1.25. The lowest BCUT2D eigenvalue weighted by molar-refractivity contribution is -0.118. The van der Waals surface area contributed by atoms with Crippen molar-refractivity contribution >= 4 is 21.6 Å². The molecule has 110 valence electrons. The Balaban J connectivity index is 1.94. The summed E-state index contributed by atoms with van der Waals surface area (Å²) in [4.78, 5) is 12.0. The molecule has 1 heterocycles. The minimum absolute atomic E-state index is 0.0519. The second-order valence-corrected chi connectivity index (χ2v) is 6.61. The van der Waals surface area contributed by atoms with E-state index in [1.165, 1.54) is 0 Å². The highest BCUT2D eigenvalue weighted by Crippen LogP contribution is 2.13. The zero-order valence-electron chi connectivity index (χ0n) is 11.1. The standard InChI is InChI=1S/C13H19N3O3S/c14-20(18,19)9-10-4-6-11(7-5-10)16-13(17)12-3-1-2-8-15-12/h4-7,12,15H,1-3,8-9H2,(H,16,17)(H2,14,18,19). The van der Waals surface area contributed by atoms with Crippen LogP contribution in [-0.2, 0) is 20.6 Å². The number of hydrogen-bond donors (Lipinski definition) is 3. The monoisotopic (exact) mass is 297 g/mol. The van der Waals surface area contributed by atoms with Crippen LogP contribution in [0.1, 0.15) is 24.8 Å². The fraction of sp³-hybridized carbons (Fsp3) is 0.462. The summed E-state index contributed by atoms with van der Waals surface area (Å²) in [5.74, 6) is -0.255. The molecule has 0 spiro atoms. The van der Waals surface area contributed by atoms with E-state index in [9.17, 15) is 13.2 Å². The van der Waals surface area contributed by atoms with Crippen LogP contribution in [0.2, 0.25) is 0 Å². The Morgan fingerprint density at radius 3 is 2.55 bits per heavy atom. The second kappa shape index (κ2) is 6.34. The second-order valence-electron chi connectivity index (χ2n) is 5.00. The Bertz CT molecular complexity index is 563. The van der Waals surface area contributed by atoms with Gasteiger partial charge in [-0.3, -0.25) is 4.79 Å². The van der Waals surface area contributed by atoms with Gasteiger partial charge >= 0.3 is 0 Å². The molecule has 1 aromatic carbocycles. The maximum atomic E-state index is 12.0. The molecule has 0 aliphatic carbocycles. The molecule has 1 amide bonds. The van der Waals surface area contributed by atoms with Gasteiger partial charge in [-0.1, -0.05) is 18.6 Å². The van der Waals surface area contributed by atoms with Crippen molar-refractivity contribution in [1.82, 2.24) is 5.32 Å². The highest BCUT2D eigenvalue weighted by molar-refractivity contribution is 7.88. The van der Waals surface area contributed by atoms with Crippen LogP contribution in [-0.4, -0.2) is 26.9 Å². The lowest BCUT2D eigenvalue weighted by Crippen LogP contribution is -2.43. The van der Waals surface area contributed by atoms with Crippen molar-refractivity contribution in [3.8, 4) is 0 Å². The van der Waals surface area contributed by atoms with Gasteiger partial charge in [0.25, 0.3) is 0 Å². The Hall–Kier alpha value is -1.44. The predicted molar refractivity (Wildman–Crippen MR) is 77.5 cm³/mol. The van der Waals surface area contributed by atoms with Crippen LogP contribution >= 0.6 is 0 Å². The van der Waals surface area contributed by atoms with Crippen LogP contribution in [0, 0.1) is 0 Å². The van der Waals surface area contributed by atoms with Gasteiger partial charge in [0, 0.05) is 5.69 Å². The van der Waals surface area contributed by atoms with E-state index in [1.54, 1.807) is 24.3 Å². The van der Waals surface area contributed by atoms with E-state index in [4.69, 9.17) is 5.14 Å². The summed E-state index contributed by atoms with van der Waals surface area (Å²) < 4.78 is 21.9. The third-order valence-corrected chi connectivity index (χ3v) is 3.95. The van der Waals surface area contributed by atoms with Crippen LogP contribution in [0.4, 0.5) is 5.69 Å². The van der Waals surface area contributed by atoms with Crippen molar-refractivity contribution < 1.29 is 13.2 Å². The molecule has 1 saturated heterocycles. The van der Waals surface area contributed by atoms with Crippen LogP contribution in [0.25, 0.3) is 0 Å². The zero-order chi connectivity index (χ0) is 14.6. The highest BCUT2D eigenvalue weighted by Gasteiger charge is 2.20. The van der Waals surface area contributed by atoms with Gasteiger partial charge in [0.2, 0.25) is 15.9 Å². The lowest BCUT2D eigenvalue weighted by atomic mass is 10.0. The van der Waals surface area contributed by atoms with Crippen molar-refractivity contribution in [3.05, 3.63) is 29.8 Å². The van der Waals surface area contributed by atoms with E-state index in [1.807, 2.05) is 0 Å². The van der Waals surface area contributed by atoms with E-state index < -0.39 is 10.0 Å². The number of piperidine rings is 1. The van der Waals surface area contributed by atoms with Gasteiger partial charge in [-0.15, -0.1) is 0 Å². The summed E-state index contributed by atoms with van der Waals surface area (Å²) in [6.45, 7) is 0.866. The van der Waals surface area contributed by atoms with Crippen molar-refractivity contribution in [2.24, 2.45) is 5.14 Å². The molecule has 0 bridgehead atoms. The van der Waals surface area contributed by atoms with Gasteiger partial charge < -0.3 is 10.6 Å². The van der Waals surface area contributed by atoms with Crippen LogP contribution in [0.5, 0.6) is 0 Å². The van der Waals surface area contributed by atoms with E-state index in [2.05, 4.69) is 10.6 Å². The van der Waals surface area contributed by atoms with E-state index in [0.717, 1.165) is 25.8 Å². The molecule has 4 N–H and O–H groups in total. The molecule has 2 rings (SSSR count). The molecular formula is C13H19N3O3S. The fourth-order valence-corrected chi connectivity index (χ4v) is 2.88. The van der Waals surface area contributed by atoms with Crippen LogP contribution in [0.3, 0.4) is 0 Å². The van der Waals surface area contributed by atoms with Crippen LogP contribution < -0.4 is 15.8 Å². The number of primary sulfonamides is 1. The maximum Gasteiger partial charge on any atom is 0.241 e. The Morgan fingerprint density at radius 1 is 1.30 bits per heavy atom. The molecule has 6 nitrogen and oxygen atoms in total. The van der Waals surface area contributed by atoms with Gasteiger partial charge in [0.05, 0.1) is 11.8 Å². The van der Waals surface area contributed by atoms with E-state index >= 15 is 0 Å². The average Bonchev–Trinajstić information content (AvgIpc) is 2.40. The first-order valence-corrected chi connectivity index (χ1v) is 8.29. The Kier molecular flexibility index (Phi) is 4.74. The quantitative estimate of drug-likeness (QED) is 0.755. The number of nitrogens with two attached hydrogens (primary N) is 1. The first kappa shape index (κ1) is 15.0. The van der Waals surface area contributed by atoms with Gasteiger partial charge in [-0.2, -0.15) is 0 Å². The fourth-order valence-electron chi connectivity index (χ4n) is 2.22. The lowest BCUT2D eigenvalue weighted by Gasteiger charge is -2.22. The first-order valence-electron chi connectivity index (χ1n) is 6.58. The number of carbonyl (C=O) groups excluding carboxylic acids is 1. The highest BCUT2D eigenvalue weighted by atomic mass is 32.2. The van der Waals surface area contributed by atoms with Crippen molar-refractivity contribution in [1.29, 1.82) is 0 Å². The molecule has 1 fully saturated rings. The number of rotatable bonds is 4. The molecular weight excluding hydrogens is 278 g/mol. The third kappa shape index (κ3) is 4.59. The molecule has 0 saturated carbocycles. The van der Waals surface area contributed by atoms with Gasteiger partial charge in [0.1, 0.15) is 0 Å². The zero-order valence-corrected chi connectivity index (χ0v) is 11.9. The molecule has 1 aromatic rings. The largest absolute Gasteiger partial charge is 0.325 e. The number of benzene rings is 1. The topological polar surface area (TPSA) is 101 Å². The molecule has 0 radical (unpaired) electrons. The summed E-state index contributed by atoms with van der Waals surface area (Å²) in [5, 5.41) is 11.0. The number of sulfonamides is 1. The molecule has 20 heavy (non-hydrogen) atoms. The van der Waals surface area contributed by atoms with E-state index in [-0.39, 0.29) is 17.7 Å². The number of amides is 1. The predicted octanol–water partition coefficient (Wildman–Crippen LogP) is 0.556. The number of anilines is 1. The summed E-state index contributed by atoms with van der Waals surface area (Å²) >= 11 is 0. The van der Waals surface area contributed by atoms with Gasteiger partial charge in [-0.25, -0.2) is 13.6 Å². The number of carbonyl (C=O) groups is 1. The maximum absolute atomic E-state index is 12.0. The minimum atomic E-state index is -3.53. The van der Waals surface area contributed by atoms with Crippen LogP contribution in [0.15, 0.2) is 24.3 Å². The van der Waals surface area contributed by atoms with E-state index in [0.29, 0.717) is 11.3 Å². The van der Waals surface area contributed by atoms with Gasteiger partial charge in [0.15, 0.2) is 0 Å². The first-order chi connectivity index (χ1) is 9.44. The van der Waals surface area contributed by atoms with Crippen molar-refractivity contribution in [3.63, 3.8) is 0 Å². The molecule has 1 aliphatic heterocycles. The summed E-state index contributed by atoms with van der Waals surface area (Å²) in [6, 6.07) is 6.51. The molecule has 0 aromatic heterocycles. The third-order valence-electron chi connectivity index (χ3n) is 3.22. The van der Waals surface area contributed by atoms with Crippen molar-refractivity contribution in [2.75, 3.05) is 11.9 Å². The number of nitrogens with one attached hydrogen (secondary N) is 2. The minimum Gasteiger partial charge on any atom is -0.325 e. The molecule has 1 atom stereocenters. The Labute approximate surface area is 118 Å². The molecule has 7 heteroatoms. The average molecular weight is 297 g/mol.